The van der Waals surface area contributed by atoms with Gasteiger partial charge in [0.15, 0.2) is 0 Å². The van der Waals surface area contributed by atoms with Crippen molar-refractivity contribution in [2.75, 3.05) is 5.73 Å². The van der Waals surface area contributed by atoms with E-state index < -0.39 is 5.97 Å². The number of nitrogens with two attached hydrogens (primary N) is 1. The van der Waals surface area contributed by atoms with Gasteiger partial charge in [-0.1, -0.05) is 23.2 Å². The molecule has 5 nitrogen and oxygen atoms in total. The average molecular weight is 314 g/mol. The first kappa shape index (κ1) is 14.7. The van der Waals surface area contributed by atoms with Crippen molar-refractivity contribution >= 4 is 34.9 Å². The standard InChI is InChI=1S/C13H13Cl2N3O2/c1-7-12(15)11(18(2)17-7)6-20-13(19)9-5-8(14)3-4-10(9)16/h3-5H,6,16H2,1-2H3. The van der Waals surface area contributed by atoms with Gasteiger partial charge < -0.3 is 10.5 Å². The number of carbonyl (C=O) groups excluding carboxylic acids is 1. The van der Waals surface area contributed by atoms with Crippen molar-refractivity contribution in [2.45, 2.75) is 13.5 Å². The van der Waals surface area contributed by atoms with E-state index in [1.807, 2.05) is 0 Å². The van der Waals surface area contributed by atoms with Crippen molar-refractivity contribution in [1.29, 1.82) is 0 Å². The number of nitrogen functional groups attached to an aromatic ring is 1. The molecule has 1 aromatic heterocycles. The Morgan fingerprint density at radius 2 is 2.15 bits per heavy atom. The number of aromatic nitrogens is 2. The molecule has 0 atom stereocenters. The topological polar surface area (TPSA) is 70.1 Å². The Kier molecular flexibility index (Phi) is 4.20. The van der Waals surface area contributed by atoms with Gasteiger partial charge in [-0.3, -0.25) is 4.68 Å². The summed E-state index contributed by atoms with van der Waals surface area (Å²) in [6, 6.07) is 4.63. The van der Waals surface area contributed by atoms with Crippen LogP contribution in [-0.4, -0.2) is 15.7 Å². The highest BCUT2D eigenvalue weighted by atomic mass is 35.5. The van der Waals surface area contributed by atoms with E-state index in [4.69, 9.17) is 33.7 Å². The smallest absolute Gasteiger partial charge is 0.340 e. The number of hydrogen-bond acceptors (Lipinski definition) is 4. The summed E-state index contributed by atoms with van der Waals surface area (Å²) < 4.78 is 6.78. The quantitative estimate of drug-likeness (QED) is 0.698. The van der Waals surface area contributed by atoms with Gasteiger partial charge in [0.2, 0.25) is 0 Å². The number of hydrogen-bond donors (Lipinski definition) is 1. The number of halogens is 2. The fourth-order valence-electron chi connectivity index (χ4n) is 1.75. The zero-order valence-corrected chi connectivity index (χ0v) is 12.5. The van der Waals surface area contributed by atoms with Crippen LogP contribution in [0.3, 0.4) is 0 Å². The lowest BCUT2D eigenvalue weighted by atomic mass is 10.2. The number of nitrogens with zero attached hydrogens (tertiary/aromatic N) is 2. The molecule has 0 saturated heterocycles. The van der Waals surface area contributed by atoms with E-state index in [2.05, 4.69) is 5.10 Å². The Morgan fingerprint density at radius 3 is 2.75 bits per heavy atom. The molecule has 0 radical (unpaired) electrons. The first-order valence-corrected chi connectivity index (χ1v) is 6.56. The number of benzene rings is 1. The summed E-state index contributed by atoms with van der Waals surface area (Å²) in [4.78, 5) is 12.0. The third kappa shape index (κ3) is 2.89. The van der Waals surface area contributed by atoms with Crippen LogP contribution in [-0.2, 0) is 18.4 Å². The molecule has 2 aromatic rings. The number of aryl methyl sites for hydroxylation is 2. The maximum atomic E-state index is 12.0. The molecule has 0 aliphatic carbocycles. The van der Waals surface area contributed by atoms with Crippen LogP contribution < -0.4 is 5.73 Å². The van der Waals surface area contributed by atoms with Crippen LogP contribution in [0.15, 0.2) is 18.2 Å². The summed E-state index contributed by atoms with van der Waals surface area (Å²) in [5.74, 6) is -0.556. The predicted molar refractivity (Wildman–Crippen MR) is 77.9 cm³/mol. The fraction of sp³-hybridized carbons (Fsp3) is 0.231. The lowest BCUT2D eigenvalue weighted by Crippen LogP contribution is -2.10. The number of rotatable bonds is 3. The molecule has 20 heavy (non-hydrogen) atoms. The van der Waals surface area contributed by atoms with Gasteiger partial charge in [0.05, 0.1) is 22.0 Å². The Hall–Kier alpha value is -1.72. The summed E-state index contributed by atoms with van der Waals surface area (Å²) >= 11 is 11.9. The predicted octanol–water partition coefficient (Wildman–Crippen LogP) is 2.97. The van der Waals surface area contributed by atoms with Crippen molar-refractivity contribution in [2.24, 2.45) is 7.05 Å². The number of esters is 1. The highest BCUT2D eigenvalue weighted by Gasteiger charge is 2.16. The third-order valence-electron chi connectivity index (χ3n) is 2.84. The number of ether oxygens (including phenoxy) is 1. The average Bonchev–Trinajstić information content (AvgIpc) is 2.64. The lowest BCUT2D eigenvalue weighted by molar-refractivity contribution is 0.0465. The third-order valence-corrected chi connectivity index (χ3v) is 3.56. The lowest BCUT2D eigenvalue weighted by Gasteiger charge is -2.08. The maximum absolute atomic E-state index is 12.0. The zero-order valence-electron chi connectivity index (χ0n) is 11.0. The fourth-order valence-corrected chi connectivity index (χ4v) is 2.14. The first-order chi connectivity index (χ1) is 9.40. The summed E-state index contributed by atoms with van der Waals surface area (Å²) in [6.45, 7) is 1.80. The van der Waals surface area contributed by atoms with Gasteiger partial charge >= 0.3 is 5.97 Å². The van der Waals surface area contributed by atoms with Crippen LogP contribution in [0.5, 0.6) is 0 Å². The second kappa shape index (κ2) is 5.73. The summed E-state index contributed by atoms with van der Waals surface area (Å²) in [6.07, 6.45) is 0. The van der Waals surface area contributed by atoms with Crippen molar-refractivity contribution in [3.63, 3.8) is 0 Å². The maximum Gasteiger partial charge on any atom is 0.340 e. The summed E-state index contributed by atoms with van der Waals surface area (Å²) in [5.41, 5.74) is 7.57. The summed E-state index contributed by atoms with van der Waals surface area (Å²) in [5, 5.41) is 5.04. The van der Waals surface area contributed by atoms with E-state index in [9.17, 15) is 4.79 Å². The van der Waals surface area contributed by atoms with Gasteiger partial charge in [0.1, 0.15) is 6.61 Å². The number of carbonyl (C=O) groups is 1. The second-order valence-corrected chi connectivity index (χ2v) is 5.09. The Morgan fingerprint density at radius 1 is 1.45 bits per heavy atom. The molecule has 0 bridgehead atoms. The van der Waals surface area contributed by atoms with Crippen molar-refractivity contribution in [3.8, 4) is 0 Å². The van der Waals surface area contributed by atoms with Gasteiger partial charge in [0.25, 0.3) is 0 Å². The van der Waals surface area contributed by atoms with E-state index in [-0.39, 0.29) is 12.2 Å². The van der Waals surface area contributed by atoms with E-state index >= 15 is 0 Å². The minimum atomic E-state index is -0.556. The molecule has 0 aliphatic heterocycles. The molecule has 2 N–H and O–H groups in total. The zero-order chi connectivity index (χ0) is 14.9. The molecule has 0 amide bonds. The van der Waals surface area contributed by atoms with Crippen LogP contribution in [0, 0.1) is 6.92 Å². The highest BCUT2D eigenvalue weighted by molar-refractivity contribution is 6.32. The molecule has 106 valence electrons. The molecule has 2 rings (SSSR count). The number of anilines is 1. The monoisotopic (exact) mass is 313 g/mol. The second-order valence-electron chi connectivity index (χ2n) is 4.28. The first-order valence-electron chi connectivity index (χ1n) is 5.80. The van der Waals surface area contributed by atoms with Gasteiger partial charge in [-0.05, 0) is 25.1 Å². The van der Waals surface area contributed by atoms with Crippen LogP contribution in [0.25, 0.3) is 0 Å². The Labute approximate surface area is 126 Å². The Balaban J connectivity index is 2.15. The molecule has 1 heterocycles. The van der Waals surface area contributed by atoms with Crippen LogP contribution in [0.4, 0.5) is 5.69 Å². The molecule has 1 aromatic carbocycles. The minimum absolute atomic E-state index is 0.0148. The van der Waals surface area contributed by atoms with Crippen LogP contribution in [0.1, 0.15) is 21.7 Å². The van der Waals surface area contributed by atoms with E-state index in [0.29, 0.717) is 27.1 Å². The van der Waals surface area contributed by atoms with E-state index in [1.54, 1.807) is 30.8 Å². The summed E-state index contributed by atoms with van der Waals surface area (Å²) in [7, 11) is 1.73. The highest BCUT2D eigenvalue weighted by Crippen LogP contribution is 2.22. The van der Waals surface area contributed by atoms with E-state index in [0.717, 1.165) is 0 Å². The van der Waals surface area contributed by atoms with Gasteiger partial charge in [0, 0.05) is 17.8 Å². The molecule has 0 saturated carbocycles. The van der Waals surface area contributed by atoms with Crippen molar-refractivity contribution < 1.29 is 9.53 Å². The normalized spacial score (nSPS) is 10.6. The molecule has 0 spiro atoms. The van der Waals surface area contributed by atoms with Gasteiger partial charge in [-0.15, -0.1) is 0 Å². The minimum Gasteiger partial charge on any atom is -0.455 e. The SMILES string of the molecule is Cc1nn(C)c(COC(=O)c2cc(Cl)ccc2N)c1Cl. The van der Waals surface area contributed by atoms with Crippen molar-refractivity contribution in [3.05, 3.63) is 45.2 Å². The largest absolute Gasteiger partial charge is 0.455 e. The van der Waals surface area contributed by atoms with Gasteiger partial charge in [-0.25, -0.2) is 4.79 Å². The van der Waals surface area contributed by atoms with Crippen molar-refractivity contribution in [1.82, 2.24) is 9.78 Å². The Bertz CT molecular complexity index is 668. The van der Waals surface area contributed by atoms with E-state index in [1.165, 1.54) is 6.07 Å². The van der Waals surface area contributed by atoms with Crippen LogP contribution in [0.2, 0.25) is 10.0 Å². The van der Waals surface area contributed by atoms with Crippen LogP contribution >= 0.6 is 23.2 Å². The molecule has 0 aliphatic rings. The molecular weight excluding hydrogens is 301 g/mol. The molecular formula is C13H13Cl2N3O2. The molecule has 0 unspecified atom stereocenters. The van der Waals surface area contributed by atoms with Gasteiger partial charge in [-0.2, -0.15) is 5.10 Å². The molecule has 7 heteroatoms. The molecule has 0 fully saturated rings.